The number of fused-ring (bicyclic) bond motifs is 1. The molecule has 134 valence electrons. The van der Waals surface area contributed by atoms with Gasteiger partial charge in [-0.1, -0.05) is 36.4 Å². The largest absolute Gasteiger partial charge is 0.382 e. The van der Waals surface area contributed by atoms with Crippen LogP contribution in [0.1, 0.15) is 41.7 Å². The summed E-state index contributed by atoms with van der Waals surface area (Å²) >= 11 is 0. The van der Waals surface area contributed by atoms with E-state index in [4.69, 9.17) is 0 Å². The first kappa shape index (κ1) is 16.7. The molecule has 3 aromatic rings. The van der Waals surface area contributed by atoms with Crippen molar-refractivity contribution < 1.29 is 4.79 Å². The number of anilines is 1. The number of hydrogen-bond donors (Lipinski definition) is 3. The lowest BCUT2D eigenvalue weighted by Crippen LogP contribution is -2.40. The van der Waals surface area contributed by atoms with E-state index < -0.39 is 0 Å². The van der Waals surface area contributed by atoms with Crippen molar-refractivity contribution in [3.63, 3.8) is 0 Å². The highest BCUT2D eigenvalue weighted by molar-refractivity contribution is 6.08. The molecule has 3 N–H and O–H groups in total. The lowest BCUT2D eigenvalue weighted by molar-refractivity contribution is 0.0927. The summed E-state index contributed by atoms with van der Waals surface area (Å²) in [6, 6.07) is 19.1. The minimum Gasteiger partial charge on any atom is -0.382 e. The minimum absolute atomic E-state index is 0.0411. The van der Waals surface area contributed by atoms with Gasteiger partial charge in [-0.2, -0.15) is 0 Å². The zero-order valence-corrected chi connectivity index (χ0v) is 15.1. The summed E-state index contributed by atoms with van der Waals surface area (Å²) in [5, 5.41) is 7.85. The molecule has 1 saturated carbocycles. The van der Waals surface area contributed by atoms with Crippen LogP contribution in [0, 0.1) is 6.92 Å². The van der Waals surface area contributed by atoms with Crippen molar-refractivity contribution in [3.8, 4) is 0 Å². The van der Waals surface area contributed by atoms with Crippen LogP contribution in [0.5, 0.6) is 0 Å². The van der Waals surface area contributed by atoms with E-state index in [1.165, 1.54) is 5.69 Å². The van der Waals surface area contributed by atoms with Crippen molar-refractivity contribution in [2.45, 2.75) is 44.7 Å². The molecule has 1 fully saturated rings. The van der Waals surface area contributed by atoms with Crippen molar-refractivity contribution in [3.05, 3.63) is 65.9 Å². The SMILES string of the molecule is Cc1[nH]c2ccccc2c1C(=O)NC1CCC(Nc2ccccc2)CC1. The fraction of sp³-hybridized carbons (Fsp3) is 0.318. The average molecular weight is 347 g/mol. The predicted octanol–water partition coefficient (Wildman–Crippen LogP) is 4.63. The Morgan fingerprint density at radius 2 is 1.58 bits per heavy atom. The number of rotatable bonds is 4. The quantitative estimate of drug-likeness (QED) is 0.644. The maximum Gasteiger partial charge on any atom is 0.253 e. The van der Waals surface area contributed by atoms with Crippen LogP contribution in [-0.4, -0.2) is 23.0 Å². The molecule has 1 aliphatic carbocycles. The number of nitrogens with one attached hydrogen (secondary N) is 3. The number of carbonyl (C=O) groups excluding carboxylic acids is 1. The second-order valence-electron chi connectivity index (χ2n) is 7.20. The highest BCUT2D eigenvalue weighted by atomic mass is 16.1. The van der Waals surface area contributed by atoms with E-state index in [1.807, 2.05) is 37.3 Å². The van der Waals surface area contributed by atoms with Gasteiger partial charge in [-0.25, -0.2) is 0 Å². The van der Waals surface area contributed by atoms with Gasteiger partial charge in [-0.15, -0.1) is 0 Å². The number of H-pyrrole nitrogens is 1. The van der Waals surface area contributed by atoms with Gasteiger partial charge in [0.25, 0.3) is 5.91 Å². The molecule has 0 spiro atoms. The van der Waals surface area contributed by atoms with Crippen LogP contribution in [0.3, 0.4) is 0 Å². The standard InChI is InChI=1S/C22H25N3O/c1-15-21(19-9-5-6-10-20(19)23-15)22(26)25-18-13-11-17(12-14-18)24-16-7-3-2-4-8-16/h2-10,17-18,23-24H,11-14H2,1H3,(H,25,26). The topological polar surface area (TPSA) is 56.9 Å². The predicted molar refractivity (Wildman–Crippen MR) is 107 cm³/mol. The Morgan fingerprint density at radius 1 is 0.923 bits per heavy atom. The third-order valence-corrected chi connectivity index (χ3v) is 5.33. The summed E-state index contributed by atoms with van der Waals surface area (Å²) in [6.07, 6.45) is 4.18. The molecule has 1 amide bonds. The van der Waals surface area contributed by atoms with Crippen molar-refractivity contribution in [1.29, 1.82) is 0 Å². The summed E-state index contributed by atoms with van der Waals surface area (Å²) in [7, 11) is 0. The molecule has 1 aromatic heterocycles. The van der Waals surface area contributed by atoms with E-state index in [1.54, 1.807) is 0 Å². The van der Waals surface area contributed by atoms with Gasteiger partial charge in [0, 0.05) is 34.4 Å². The average Bonchev–Trinajstić information content (AvgIpc) is 3.00. The van der Waals surface area contributed by atoms with Gasteiger partial charge in [-0.05, 0) is 50.8 Å². The second kappa shape index (κ2) is 7.24. The Morgan fingerprint density at radius 3 is 2.35 bits per heavy atom. The van der Waals surface area contributed by atoms with E-state index in [-0.39, 0.29) is 11.9 Å². The maximum atomic E-state index is 12.8. The lowest BCUT2D eigenvalue weighted by Gasteiger charge is -2.30. The Balaban J connectivity index is 1.37. The van der Waals surface area contributed by atoms with Gasteiger partial charge in [-0.3, -0.25) is 4.79 Å². The Bertz CT molecular complexity index is 892. The lowest BCUT2D eigenvalue weighted by atomic mass is 9.90. The van der Waals surface area contributed by atoms with Crippen molar-refractivity contribution in [1.82, 2.24) is 10.3 Å². The molecule has 4 nitrogen and oxygen atoms in total. The minimum atomic E-state index is 0.0411. The van der Waals surface area contributed by atoms with Gasteiger partial charge in [0.15, 0.2) is 0 Å². The van der Waals surface area contributed by atoms with Gasteiger partial charge >= 0.3 is 0 Å². The van der Waals surface area contributed by atoms with Crippen LogP contribution in [-0.2, 0) is 0 Å². The number of aromatic amines is 1. The first-order valence-electron chi connectivity index (χ1n) is 9.40. The first-order valence-corrected chi connectivity index (χ1v) is 9.40. The zero-order chi connectivity index (χ0) is 17.9. The molecule has 4 heteroatoms. The number of carbonyl (C=O) groups is 1. The van der Waals surface area contributed by atoms with E-state index in [0.717, 1.165) is 47.8 Å². The van der Waals surface area contributed by atoms with Crippen molar-refractivity contribution in [2.24, 2.45) is 0 Å². The Kier molecular flexibility index (Phi) is 4.65. The monoisotopic (exact) mass is 347 g/mol. The molecule has 0 radical (unpaired) electrons. The van der Waals surface area contributed by atoms with Crippen LogP contribution in [0.15, 0.2) is 54.6 Å². The first-order chi connectivity index (χ1) is 12.7. The van der Waals surface area contributed by atoms with Gasteiger partial charge in [0.05, 0.1) is 5.56 Å². The molecule has 0 unspecified atom stereocenters. The number of aryl methyl sites for hydroxylation is 1. The summed E-state index contributed by atoms with van der Waals surface area (Å²) in [5.41, 5.74) is 3.91. The smallest absolute Gasteiger partial charge is 0.253 e. The molecular weight excluding hydrogens is 322 g/mol. The van der Waals surface area contributed by atoms with Crippen LogP contribution in [0.25, 0.3) is 10.9 Å². The number of para-hydroxylation sites is 2. The fourth-order valence-corrected chi connectivity index (χ4v) is 3.98. The molecule has 0 bridgehead atoms. The molecule has 0 aliphatic heterocycles. The molecule has 2 aromatic carbocycles. The van der Waals surface area contributed by atoms with Crippen molar-refractivity contribution in [2.75, 3.05) is 5.32 Å². The summed E-state index contributed by atoms with van der Waals surface area (Å²) in [6.45, 7) is 1.97. The van der Waals surface area contributed by atoms with Gasteiger partial charge < -0.3 is 15.6 Å². The van der Waals surface area contributed by atoms with Crippen LogP contribution in [0.4, 0.5) is 5.69 Å². The van der Waals surface area contributed by atoms with Crippen LogP contribution in [0.2, 0.25) is 0 Å². The zero-order valence-electron chi connectivity index (χ0n) is 15.1. The third-order valence-electron chi connectivity index (χ3n) is 5.33. The van der Waals surface area contributed by atoms with Gasteiger partial charge in [0.2, 0.25) is 0 Å². The normalized spacial score (nSPS) is 20.0. The third kappa shape index (κ3) is 3.45. The molecule has 26 heavy (non-hydrogen) atoms. The van der Waals surface area contributed by atoms with Gasteiger partial charge in [0.1, 0.15) is 0 Å². The molecule has 1 heterocycles. The summed E-state index contributed by atoms with van der Waals surface area (Å²) in [5.74, 6) is 0.0411. The molecule has 1 aliphatic rings. The molecular formula is C22H25N3O. The van der Waals surface area contributed by atoms with E-state index in [0.29, 0.717) is 6.04 Å². The van der Waals surface area contributed by atoms with E-state index >= 15 is 0 Å². The second-order valence-corrected chi connectivity index (χ2v) is 7.20. The molecule has 4 rings (SSSR count). The highest BCUT2D eigenvalue weighted by Crippen LogP contribution is 2.25. The fourth-order valence-electron chi connectivity index (χ4n) is 3.98. The van der Waals surface area contributed by atoms with Crippen molar-refractivity contribution >= 4 is 22.5 Å². The van der Waals surface area contributed by atoms with Crippen LogP contribution >= 0.6 is 0 Å². The van der Waals surface area contributed by atoms with Crippen LogP contribution < -0.4 is 10.6 Å². The number of aromatic nitrogens is 1. The number of benzene rings is 2. The Labute approximate surface area is 154 Å². The van der Waals surface area contributed by atoms with E-state index in [9.17, 15) is 4.79 Å². The summed E-state index contributed by atoms with van der Waals surface area (Å²) < 4.78 is 0. The molecule has 0 saturated heterocycles. The summed E-state index contributed by atoms with van der Waals surface area (Å²) in [4.78, 5) is 16.1. The van der Waals surface area contributed by atoms with E-state index in [2.05, 4.69) is 39.9 Å². The Hall–Kier alpha value is -2.75. The highest BCUT2D eigenvalue weighted by Gasteiger charge is 2.24. The molecule has 0 atom stereocenters. The maximum absolute atomic E-state index is 12.8. The number of hydrogen-bond acceptors (Lipinski definition) is 2. The number of amides is 1.